The normalized spacial score (nSPS) is 19.2. The van der Waals surface area contributed by atoms with E-state index in [0.717, 1.165) is 5.56 Å². The first kappa shape index (κ1) is 16.2. The highest BCUT2D eigenvalue weighted by atomic mass is 16.6. The highest BCUT2D eigenvalue weighted by molar-refractivity contribution is 5.97. The number of cyclic esters (lactones) is 1. The van der Waals surface area contributed by atoms with Crippen molar-refractivity contribution in [3.8, 4) is 0 Å². The summed E-state index contributed by atoms with van der Waals surface area (Å²) in [6.07, 6.45) is -0.628. The lowest BCUT2D eigenvalue weighted by atomic mass is 9.91. The van der Waals surface area contributed by atoms with Gasteiger partial charge < -0.3 is 4.74 Å². The van der Waals surface area contributed by atoms with E-state index in [-0.39, 0.29) is 36.7 Å². The van der Waals surface area contributed by atoms with E-state index < -0.39 is 12.0 Å². The molecule has 0 saturated carbocycles. The van der Waals surface area contributed by atoms with E-state index in [1.165, 1.54) is 11.8 Å². The Morgan fingerprint density at radius 1 is 1.27 bits per heavy atom. The second-order valence-corrected chi connectivity index (χ2v) is 5.93. The Bertz CT molecular complexity index is 567. The second kappa shape index (κ2) is 6.73. The maximum Gasteiger partial charge on any atom is 0.416 e. The number of carbonyl (C=O) groups is 3. The van der Waals surface area contributed by atoms with Gasteiger partial charge >= 0.3 is 6.09 Å². The lowest BCUT2D eigenvalue weighted by Crippen LogP contribution is -2.42. The Hall–Kier alpha value is -2.17. The summed E-state index contributed by atoms with van der Waals surface area (Å²) in [5.41, 5.74) is 0.789. The van der Waals surface area contributed by atoms with Crippen molar-refractivity contribution in [1.82, 2.24) is 4.90 Å². The molecule has 1 aromatic carbocycles. The number of hydrogen-bond acceptors (Lipinski definition) is 4. The van der Waals surface area contributed by atoms with Crippen LogP contribution in [0.15, 0.2) is 30.3 Å². The van der Waals surface area contributed by atoms with E-state index in [2.05, 4.69) is 0 Å². The average Bonchev–Trinajstić information content (AvgIpc) is 2.87. The fourth-order valence-electron chi connectivity index (χ4n) is 2.67. The van der Waals surface area contributed by atoms with Crippen LogP contribution >= 0.6 is 0 Å². The van der Waals surface area contributed by atoms with Gasteiger partial charge in [0.05, 0.1) is 12.0 Å². The molecule has 0 bridgehead atoms. The third-order valence-corrected chi connectivity index (χ3v) is 4.02. The van der Waals surface area contributed by atoms with Crippen molar-refractivity contribution < 1.29 is 19.1 Å². The van der Waals surface area contributed by atoms with Gasteiger partial charge in [-0.1, -0.05) is 44.2 Å². The Balaban J connectivity index is 2.18. The number of rotatable bonds is 5. The highest BCUT2D eigenvalue weighted by Crippen LogP contribution is 2.26. The van der Waals surface area contributed by atoms with Crippen LogP contribution in [0.25, 0.3) is 0 Å². The molecule has 0 radical (unpaired) electrons. The van der Waals surface area contributed by atoms with E-state index in [1.54, 1.807) is 0 Å². The van der Waals surface area contributed by atoms with E-state index in [0.29, 0.717) is 0 Å². The Labute approximate surface area is 130 Å². The summed E-state index contributed by atoms with van der Waals surface area (Å²) in [5, 5.41) is 0. The number of ketones is 1. The minimum Gasteiger partial charge on any atom is -0.447 e. The van der Waals surface area contributed by atoms with E-state index in [4.69, 9.17) is 4.74 Å². The van der Waals surface area contributed by atoms with Crippen LogP contribution in [0.4, 0.5) is 4.79 Å². The van der Waals surface area contributed by atoms with Gasteiger partial charge in [-0.3, -0.25) is 9.59 Å². The molecule has 1 heterocycles. The molecule has 118 valence electrons. The summed E-state index contributed by atoms with van der Waals surface area (Å²) >= 11 is 0. The van der Waals surface area contributed by atoms with Crippen molar-refractivity contribution in [2.75, 3.05) is 6.61 Å². The van der Waals surface area contributed by atoms with Crippen LogP contribution in [-0.4, -0.2) is 35.3 Å². The molecule has 2 atom stereocenters. The van der Waals surface area contributed by atoms with Crippen molar-refractivity contribution in [3.63, 3.8) is 0 Å². The maximum atomic E-state index is 12.5. The quantitative estimate of drug-likeness (QED) is 0.839. The lowest BCUT2D eigenvalue weighted by Gasteiger charge is -2.24. The van der Waals surface area contributed by atoms with Gasteiger partial charge in [-0.2, -0.15) is 0 Å². The Morgan fingerprint density at radius 2 is 1.91 bits per heavy atom. The number of amides is 2. The fraction of sp³-hybridized carbons (Fsp3) is 0.471. The fourth-order valence-corrected chi connectivity index (χ4v) is 2.67. The van der Waals surface area contributed by atoms with Gasteiger partial charge in [0.15, 0.2) is 0 Å². The van der Waals surface area contributed by atoms with E-state index >= 15 is 0 Å². The molecule has 5 heteroatoms. The van der Waals surface area contributed by atoms with Crippen LogP contribution in [0.3, 0.4) is 0 Å². The van der Waals surface area contributed by atoms with Gasteiger partial charge in [0.1, 0.15) is 12.4 Å². The topological polar surface area (TPSA) is 63.7 Å². The Kier molecular flexibility index (Phi) is 4.96. The zero-order valence-corrected chi connectivity index (χ0v) is 13.1. The molecule has 0 aliphatic carbocycles. The number of Topliss-reactive ketones (excluding diaryl/α,β-unsaturated/α-hetero) is 1. The smallest absolute Gasteiger partial charge is 0.416 e. The first-order valence-corrected chi connectivity index (χ1v) is 7.46. The molecule has 2 rings (SSSR count). The Morgan fingerprint density at radius 3 is 2.45 bits per heavy atom. The minimum absolute atomic E-state index is 0.0162. The molecule has 1 fully saturated rings. The number of ether oxygens (including phenoxy) is 1. The number of carbonyl (C=O) groups excluding carboxylic acids is 3. The van der Waals surface area contributed by atoms with Crippen LogP contribution in [0.5, 0.6) is 0 Å². The molecule has 1 aliphatic heterocycles. The summed E-state index contributed by atoms with van der Waals surface area (Å²) in [4.78, 5) is 37.4. The predicted molar refractivity (Wildman–Crippen MR) is 81.3 cm³/mol. The molecule has 1 aliphatic rings. The highest BCUT2D eigenvalue weighted by Gasteiger charge is 2.40. The zero-order chi connectivity index (χ0) is 16.3. The van der Waals surface area contributed by atoms with Crippen LogP contribution < -0.4 is 0 Å². The average molecular weight is 303 g/mol. The minimum atomic E-state index is -0.612. The van der Waals surface area contributed by atoms with Crippen molar-refractivity contribution >= 4 is 17.8 Å². The molecule has 1 aromatic rings. The molecule has 0 spiro atoms. The third kappa shape index (κ3) is 3.35. The van der Waals surface area contributed by atoms with Gasteiger partial charge in [-0.05, 0) is 18.4 Å². The largest absolute Gasteiger partial charge is 0.447 e. The van der Waals surface area contributed by atoms with E-state index in [9.17, 15) is 14.4 Å². The maximum absolute atomic E-state index is 12.5. The SMILES string of the molecule is CC(=O)[C@H](CC(=O)N1C(=O)OC[C@@H]1C(C)C)c1ccccc1. The third-order valence-electron chi connectivity index (χ3n) is 4.02. The summed E-state index contributed by atoms with van der Waals surface area (Å²) in [6.45, 7) is 5.56. The molecular formula is C17H21NO4. The summed E-state index contributed by atoms with van der Waals surface area (Å²) in [7, 11) is 0. The molecule has 0 N–H and O–H groups in total. The van der Waals surface area contributed by atoms with Gasteiger partial charge in [0, 0.05) is 6.42 Å². The van der Waals surface area contributed by atoms with Gasteiger partial charge in [0.2, 0.25) is 5.91 Å². The summed E-state index contributed by atoms with van der Waals surface area (Å²) in [5.74, 6) is -0.865. The first-order chi connectivity index (χ1) is 10.4. The summed E-state index contributed by atoms with van der Waals surface area (Å²) in [6, 6.07) is 8.90. The van der Waals surface area contributed by atoms with Gasteiger partial charge in [0.25, 0.3) is 0 Å². The molecular weight excluding hydrogens is 282 g/mol. The van der Waals surface area contributed by atoms with Crippen molar-refractivity contribution in [1.29, 1.82) is 0 Å². The zero-order valence-electron chi connectivity index (χ0n) is 13.1. The second-order valence-electron chi connectivity index (χ2n) is 5.93. The van der Waals surface area contributed by atoms with E-state index in [1.807, 2.05) is 44.2 Å². The number of hydrogen-bond donors (Lipinski definition) is 0. The number of benzene rings is 1. The van der Waals surface area contributed by atoms with Gasteiger partial charge in [-0.15, -0.1) is 0 Å². The standard InChI is InChI=1S/C17H21NO4/c1-11(2)15-10-22-17(21)18(15)16(20)9-14(12(3)19)13-7-5-4-6-8-13/h4-8,11,14-15H,9-10H2,1-3H3/t14-,15+/m0/s1. The first-order valence-electron chi connectivity index (χ1n) is 7.46. The molecule has 2 amide bonds. The number of nitrogens with zero attached hydrogens (tertiary/aromatic N) is 1. The van der Waals surface area contributed by atoms with Crippen molar-refractivity contribution in [3.05, 3.63) is 35.9 Å². The van der Waals surface area contributed by atoms with Crippen LogP contribution in [0.2, 0.25) is 0 Å². The lowest BCUT2D eigenvalue weighted by molar-refractivity contribution is -0.132. The van der Waals surface area contributed by atoms with Crippen molar-refractivity contribution in [2.24, 2.45) is 5.92 Å². The monoisotopic (exact) mass is 303 g/mol. The van der Waals surface area contributed by atoms with Crippen LogP contribution in [0, 0.1) is 5.92 Å². The van der Waals surface area contributed by atoms with Gasteiger partial charge in [-0.25, -0.2) is 9.69 Å². The molecule has 0 aromatic heterocycles. The predicted octanol–water partition coefficient (Wildman–Crippen LogP) is 2.75. The molecule has 1 saturated heterocycles. The number of imide groups is 1. The van der Waals surface area contributed by atoms with Crippen LogP contribution in [0.1, 0.15) is 38.7 Å². The van der Waals surface area contributed by atoms with Crippen LogP contribution in [-0.2, 0) is 14.3 Å². The molecule has 22 heavy (non-hydrogen) atoms. The molecule has 5 nitrogen and oxygen atoms in total. The summed E-state index contributed by atoms with van der Waals surface area (Å²) < 4.78 is 4.99. The molecule has 0 unspecified atom stereocenters. The van der Waals surface area contributed by atoms with Crippen molar-refractivity contribution in [2.45, 2.75) is 39.2 Å².